The van der Waals surface area contributed by atoms with Crippen LogP contribution in [0.25, 0.3) is 0 Å². The monoisotopic (exact) mass is 323 g/mol. The Hall–Kier alpha value is -0.610. The molecule has 1 aliphatic carbocycles. The summed E-state index contributed by atoms with van der Waals surface area (Å²) in [5.74, 6) is 0.784. The molecule has 0 aromatic carbocycles. The van der Waals surface area contributed by atoms with Crippen LogP contribution >= 0.6 is 15.9 Å². The van der Waals surface area contributed by atoms with Crippen LogP contribution in [0.4, 0.5) is 5.69 Å². The third-order valence-electron chi connectivity index (χ3n) is 4.55. The Bertz CT molecular complexity index is 443. The van der Waals surface area contributed by atoms with Crippen LogP contribution in [-0.4, -0.2) is 23.6 Å². The van der Waals surface area contributed by atoms with Crippen LogP contribution in [0.1, 0.15) is 37.7 Å². The van der Waals surface area contributed by atoms with Gasteiger partial charge in [-0.1, -0.05) is 6.42 Å². The van der Waals surface area contributed by atoms with Crippen molar-refractivity contribution in [1.82, 2.24) is 10.3 Å². The molecule has 1 saturated heterocycles. The fourth-order valence-electron chi connectivity index (χ4n) is 3.58. The molecule has 3 rings (SSSR count). The zero-order valence-electron chi connectivity index (χ0n) is 11.5. The van der Waals surface area contributed by atoms with Gasteiger partial charge in [0.15, 0.2) is 0 Å². The SMILES string of the molecule is Cc1cc(NC2CCCC2C2CCCN2)cnc1Br. The molecule has 2 heterocycles. The molecule has 3 atom stereocenters. The maximum Gasteiger partial charge on any atom is 0.109 e. The molecule has 0 radical (unpaired) electrons. The molecule has 3 nitrogen and oxygen atoms in total. The van der Waals surface area contributed by atoms with Crippen LogP contribution < -0.4 is 10.6 Å². The summed E-state index contributed by atoms with van der Waals surface area (Å²) in [5.41, 5.74) is 2.36. The average Bonchev–Trinajstić information content (AvgIpc) is 3.04. The van der Waals surface area contributed by atoms with Crippen LogP contribution in [0.3, 0.4) is 0 Å². The van der Waals surface area contributed by atoms with E-state index in [4.69, 9.17) is 0 Å². The molecule has 1 saturated carbocycles. The Morgan fingerprint density at radius 1 is 1.32 bits per heavy atom. The zero-order valence-corrected chi connectivity index (χ0v) is 13.0. The minimum absolute atomic E-state index is 0.609. The molecule has 1 aromatic rings. The fraction of sp³-hybridized carbons (Fsp3) is 0.667. The van der Waals surface area contributed by atoms with E-state index >= 15 is 0 Å². The second kappa shape index (κ2) is 5.80. The van der Waals surface area contributed by atoms with Crippen molar-refractivity contribution in [3.05, 3.63) is 22.4 Å². The van der Waals surface area contributed by atoms with Gasteiger partial charge in [0, 0.05) is 12.1 Å². The van der Waals surface area contributed by atoms with Gasteiger partial charge in [-0.2, -0.15) is 0 Å². The molecule has 1 aromatic heterocycles. The first-order valence-electron chi connectivity index (χ1n) is 7.36. The van der Waals surface area contributed by atoms with Crippen LogP contribution in [0.15, 0.2) is 16.9 Å². The molecule has 0 spiro atoms. The molecule has 1 aliphatic heterocycles. The number of hydrogen-bond acceptors (Lipinski definition) is 3. The zero-order chi connectivity index (χ0) is 13.2. The van der Waals surface area contributed by atoms with E-state index < -0.39 is 0 Å². The predicted octanol–water partition coefficient (Wildman–Crippen LogP) is 3.49. The minimum Gasteiger partial charge on any atom is -0.381 e. The summed E-state index contributed by atoms with van der Waals surface area (Å²) in [7, 11) is 0. The van der Waals surface area contributed by atoms with E-state index in [0.29, 0.717) is 6.04 Å². The summed E-state index contributed by atoms with van der Waals surface area (Å²) in [6.07, 6.45) is 8.63. The molecule has 0 bridgehead atoms. The molecule has 4 heteroatoms. The Kier molecular flexibility index (Phi) is 4.08. The Morgan fingerprint density at radius 3 is 2.95 bits per heavy atom. The average molecular weight is 324 g/mol. The lowest BCUT2D eigenvalue weighted by molar-refractivity contribution is 0.376. The van der Waals surface area contributed by atoms with E-state index in [0.717, 1.165) is 22.3 Å². The van der Waals surface area contributed by atoms with Crippen molar-refractivity contribution in [2.24, 2.45) is 5.92 Å². The van der Waals surface area contributed by atoms with Crippen molar-refractivity contribution in [2.75, 3.05) is 11.9 Å². The second-order valence-electron chi connectivity index (χ2n) is 5.88. The van der Waals surface area contributed by atoms with Gasteiger partial charge in [-0.05, 0) is 72.6 Å². The van der Waals surface area contributed by atoms with Crippen molar-refractivity contribution >= 4 is 21.6 Å². The van der Waals surface area contributed by atoms with E-state index in [1.807, 2.05) is 6.20 Å². The molecule has 104 valence electrons. The van der Waals surface area contributed by atoms with E-state index in [1.54, 1.807) is 0 Å². The minimum atomic E-state index is 0.609. The highest BCUT2D eigenvalue weighted by molar-refractivity contribution is 9.10. The van der Waals surface area contributed by atoms with E-state index in [-0.39, 0.29) is 0 Å². The number of pyridine rings is 1. The van der Waals surface area contributed by atoms with Crippen molar-refractivity contribution < 1.29 is 0 Å². The van der Waals surface area contributed by atoms with Crippen molar-refractivity contribution in [1.29, 1.82) is 0 Å². The van der Waals surface area contributed by atoms with Crippen molar-refractivity contribution in [3.8, 4) is 0 Å². The Labute approximate surface area is 123 Å². The predicted molar refractivity (Wildman–Crippen MR) is 82.5 cm³/mol. The Balaban J connectivity index is 1.69. The van der Waals surface area contributed by atoms with Crippen LogP contribution in [0.2, 0.25) is 0 Å². The summed E-state index contributed by atoms with van der Waals surface area (Å²) in [4.78, 5) is 4.38. The standard InChI is InChI=1S/C15H22BrN3/c1-10-8-11(9-18-15(10)16)19-14-5-2-4-12(14)13-6-3-7-17-13/h8-9,12-14,17,19H,2-7H2,1H3. The van der Waals surface area contributed by atoms with Gasteiger partial charge >= 0.3 is 0 Å². The lowest BCUT2D eigenvalue weighted by Gasteiger charge is -2.27. The summed E-state index contributed by atoms with van der Waals surface area (Å²) < 4.78 is 0.943. The molecular weight excluding hydrogens is 302 g/mol. The van der Waals surface area contributed by atoms with E-state index in [2.05, 4.69) is 44.5 Å². The van der Waals surface area contributed by atoms with Crippen molar-refractivity contribution in [2.45, 2.75) is 51.1 Å². The van der Waals surface area contributed by atoms with Gasteiger partial charge in [0.2, 0.25) is 0 Å². The van der Waals surface area contributed by atoms with Crippen LogP contribution in [-0.2, 0) is 0 Å². The number of aromatic nitrogens is 1. The lowest BCUT2D eigenvalue weighted by Crippen LogP contribution is -2.38. The molecule has 0 amide bonds. The number of hydrogen-bond donors (Lipinski definition) is 2. The second-order valence-corrected chi connectivity index (χ2v) is 6.63. The van der Waals surface area contributed by atoms with Gasteiger partial charge in [0.1, 0.15) is 4.60 Å². The number of halogens is 1. The molecule has 2 N–H and O–H groups in total. The first-order chi connectivity index (χ1) is 9.24. The van der Waals surface area contributed by atoms with Crippen LogP contribution in [0.5, 0.6) is 0 Å². The number of rotatable bonds is 3. The Morgan fingerprint density at radius 2 is 2.21 bits per heavy atom. The third kappa shape index (κ3) is 2.95. The summed E-state index contributed by atoms with van der Waals surface area (Å²) in [6.45, 7) is 3.29. The molecular formula is C15H22BrN3. The third-order valence-corrected chi connectivity index (χ3v) is 5.38. The highest BCUT2D eigenvalue weighted by atomic mass is 79.9. The highest BCUT2D eigenvalue weighted by Gasteiger charge is 2.34. The van der Waals surface area contributed by atoms with E-state index in [9.17, 15) is 0 Å². The molecule has 2 aliphatic rings. The van der Waals surface area contributed by atoms with Gasteiger partial charge in [-0.25, -0.2) is 4.98 Å². The van der Waals surface area contributed by atoms with Gasteiger partial charge in [-0.15, -0.1) is 0 Å². The number of nitrogens with zero attached hydrogens (tertiary/aromatic N) is 1. The van der Waals surface area contributed by atoms with Gasteiger partial charge < -0.3 is 10.6 Å². The summed E-state index contributed by atoms with van der Waals surface area (Å²) in [6, 6.07) is 3.52. The van der Waals surface area contributed by atoms with Gasteiger partial charge in [0.05, 0.1) is 11.9 Å². The van der Waals surface area contributed by atoms with E-state index in [1.165, 1.54) is 44.2 Å². The fourth-order valence-corrected chi connectivity index (χ4v) is 3.79. The maximum atomic E-state index is 4.38. The molecule has 3 unspecified atom stereocenters. The first kappa shape index (κ1) is 13.4. The number of aryl methyl sites for hydroxylation is 1. The van der Waals surface area contributed by atoms with Crippen LogP contribution in [0, 0.1) is 12.8 Å². The summed E-state index contributed by atoms with van der Waals surface area (Å²) in [5, 5.41) is 7.38. The smallest absolute Gasteiger partial charge is 0.109 e. The number of nitrogens with one attached hydrogen (secondary N) is 2. The largest absolute Gasteiger partial charge is 0.381 e. The molecule has 19 heavy (non-hydrogen) atoms. The lowest BCUT2D eigenvalue weighted by atomic mass is 9.93. The quantitative estimate of drug-likeness (QED) is 0.836. The highest BCUT2D eigenvalue weighted by Crippen LogP contribution is 2.34. The summed E-state index contributed by atoms with van der Waals surface area (Å²) >= 11 is 3.46. The first-order valence-corrected chi connectivity index (χ1v) is 8.15. The maximum absolute atomic E-state index is 4.38. The van der Waals surface area contributed by atoms with Gasteiger partial charge in [-0.3, -0.25) is 0 Å². The van der Waals surface area contributed by atoms with Gasteiger partial charge in [0.25, 0.3) is 0 Å². The molecule has 2 fully saturated rings. The van der Waals surface area contributed by atoms with Crippen molar-refractivity contribution in [3.63, 3.8) is 0 Å². The number of anilines is 1. The normalized spacial score (nSPS) is 30.7. The topological polar surface area (TPSA) is 37.0 Å².